The molecule has 0 aromatic heterocycles. The van der Waals surface area contributed by atoms with Gasteiger partial charge in [0.1, 0.15) is 0 Å². The number of piperidine rings is 1. The zero-order valence-electron chi connectivity index (χ0n) is 6.31. The van der Waals surface area contributed by atoms with Gasteiger partial charge in [-0.1, -0.05) is 6.92 Å². The highest BCUT2D eigenvalue weighted by Gasteiger charge is 2.15. The molecule has 1 aliphatic rings. The zero-order valence-corrected chi connectivity index (χ0v) is 6.31. The van der Waals surface area contributed by atoms with E-state index in [2.05, 4.69) is 17.6 Å². The van der Waals surface area contributed by atoms with Gasteiger partial charge in [0, 0.05) is 19.0 Å². The first-order valence-electron chi connectivity index (χ1n) is 3.83. The molecule has 0 radical (unpaired) electrons. The Balaban J connectivity index is 2.19. The van der Waals surface area contributed by atoms with E-state index in [0.717, 1.165) is 19.5 Å². The summed E-state index contributed by atoms with van der Waals surface area (Å²) in [5.74, 6) is 0.189. The van der Waals surface area contributed by atoms with Gasteiger partial charge in [-0.25, -0.2) is 0 Å². The van der Waals surface area contributed by atoms with Crippen molar-refractivity contribution >= 4 is 5.91 Å². The quantitative estimate of drug-likeness (QED) is 0.564. The van der Waals surface area contributed by atoms with Crippen LogP contribution in [-0.4, -0.2) is 25.0 Å². The molecule has 3 heteroatoms. The van der Waals surface area contributed by atoms with E-state index >= 15 is 0 Å². The molecular formula is C7H14N2O. The molecule has 0 aliphatic carbocycles. The molecule has 0 bridgehead atoms. The lowest BCUT2D eigenvalue weighted by molar-refractivity contribution is -0.122. The van der Waals surface area contributed by atoms with Gasteiger partial charge in [0.05, 0.1) is 0 Å². The van der Waals surface area contributed by atoms with Crippen LogP contribution in [-0.2, 0) is 4.79 Å². The van der Waals surface area contributed by atoms with Crippen molar-refractivity contribution in [3.8, 4) is 0 Å². The lowest BCUT2D eigenvalue weighted by atomic mass is 10.1. The molecule has 10 heavy (non-hydrogen) atoms. The van der Waals surface area contributed by atoms with Crippen molar-refractivity contribution in [3.05, 3.63) is 0 Å². The molecule has 2 N–H and O–H groups in total. The summed E-state index contributed by atoms with van der Waals surface area (Å²) in [6.07, 6.45) is 1.66. The molecule has 1 heterocycles. The van der Waals surface area contributed by atoms with E-state index in [4.69, 9.17) is 0 Å². The number of hydrogen-bond donors (Lipinski definition) is 2. The van der Waals surface area contributed by atoms with Gasteiger partial charge in [-0.2, -0.15) is 0 Å². The standard InChI is InChI=1S/C7H14N2O/c1-2-8-6-3-4-7(10)9-5-6/h6,8H,2-5H2,1H3,(H,9,10)/t6-/m1/s1. The van der Waals surface area contributed by atoms with Crippen LogP contribution in [0.2, 0.25) is 0 Å². The van der Waals surface area contributed by atoms with Crippen molar-refractivity contribution in [2.75, 3.05) is 13.1 Å². The number of nitrogens with one attached hydrogen (secondary N) is 2. The van der Waals surface area contributed by atoms with Crippen molar-refractivity contribution in [1.82, 2.24) is 10.6 Å². The second-order valence-electron chi connectivity index (χ2n) is 2.60. The minimum atomic E-state index is 0.189. The fourth-order valence-electron chi connectivity index (χ4n) is 1.20. The highest BCUT2D eigenvalue weighted by atomic mass is 16.1. The van der Waals surface area contributed by atoms with Crippen molar-refractivity contribution in [3.63, 3.8) is 0 Å². The van der Waals surface area contributed by atoms with Gasteiger partial charge < -0.3 is 10.6 Å². The van der Waals surface area contributed by atoms with Gasteiger partial charge in [-0.3, -0.25) is 4.79 Å². The van der Waals surface area contributed by atoms with E-state index in [1.165, 1.54) is 0 Å². The highest BCUT2D eigenvalue weighted by molar-refractivity contribution is 5.76. The van der Waals surface area contributed by atoms with Gasteiger partial charge in [-0.05, 0) is 13.0 Å². The molecule has 3 nitrogen and oxygen atoms in total. The normalized spacial score (nSPS) is 26.1. The van der Waals surface area contributed by atoms with Crippen LogP contribution in [0.3, 0.4) is 0 Å². The largest absolute Gasteiger partial charge is 0.355 e. The summed E-state index contributed by atoms with van der Waals surface area (Å²) in [6, 6.07) is 0.502. The summed E-state index contributed by atoms with van der Waals surface area (Å²) in [5.41, 5.74) is 0. The Hall–Kier alpha value is -0.570. The molecule has 0 saturated carbocycles. The smallest absolute Gasteiger partial charge is 0.220 e. The number of carbonyl (C=O) groups is 1. The monoisotopic (exact) mass is 142 g/mol. The summed E-state index contributed by atoms with van der Waals surface area (Å²) in [6.45, 7) is 3.86. The average Bonchev–Trinajstić information content (AvgIpc) is 1.95. The molecule has 0 spiro atoms. The van der Waals surface area contributed by atoms with Crippen LogP contribution in [0.25, 0.3) is 0 Å². The third-order valence-corrected chi connectivity index (χ3v) is 1.76. The maximum Gasteiger partial charge on any atom is 0.220 e. The lowest BCUT2D eigenvalue weighted by Crippen LogP contribution is -2.45. The Morgan fingerprint density at radius 2 is 2.60 bits per heavy atom. The third-order valence-electron chi connectivity index (χ3n) is 1.76. The fraction of sp³-hybridized carbons (Fsp3) is 0.857. The van der Waals surface area contributed by atoms with Crippen molar-refractivity contribution < 1.29 is 4.79 Å². The van der Waals surface area contributed by atoms with E-state index in [1.807, 2.05) is 0 Å². The number of rotatable bonds is 2. The van der Waals surface area contributed by atoms with E-state index in [0.29, 0.717) is 12.5 Å². The van der Waals surface area contributed by atoms with E-state index < -0.39 is 0 Å². The summed E-state index contributed by atoms with van der Waals surface area (Å²) in [4.78, 5) is 10.7. The molecule has 0 unspecified atom stereocenters. The number of likely N-dealkylation sites (N-methyl/N-ethyl adjacent to an activating group) is 1. The number of hydrogen-bond acceptors (Lipinski definition) is 2. The second kappa shape index (κ2) is 3.56. The summed E-state index contributed by atoms with van der Waals surface area (Å²) in [7, 11) is 0. The molecule has 58 valence electrons. The zero-order chi connectivity index (χ0) is 7.40. The fourth-order valence-corrected chi connectivity index (χ4v) is 1.20. The third kappa shape index (κ3) is 1.99. The van der Waals surface area contributed by atoms with Crippen LogP contribution in [0, 0.1) is 0 Å². The Labute approximate surface area is 61.2 Å². The molecule has 0 aromatic carbocycles. The molecule has 1 atom stereocenters. The minimum absolute atomic E-state index is 0.189. The lowest BCUT2D eigenvalue weighted by Gasteiger charge is -2.22. The van der Waals surface area contributed by atoms with Gasteiger partial charge in [0.15, 0.2) is 0 Å². The Kier molecular flexibility index (Phi) is 2.68. The van der Waals surface area contributed by atoms with E-state index in [1.54, 1.807) is 0 Å². The summed E-state index contributed by atoms with van der Waals surface area (Å²) < 4.78 is 0. The molecule has 1 rings (SSSR count). The Morgan fingerprint density at radius 3 is 3.10 bits per heavy atom. The van der Waals surface area contributed by atoms with Crippen LogP contribution in [0.5, 0.6) is 0 Å². The van der Waals surface area contributed by atoms with Crippen LogP contribution >= 0.6 is 0 Å². The van der Waals surface area contributed by atoms with Crippen LogP contribution in [0.4, 0.5) is 0 Å². The second-order valence-corrected chi connectivity index (χ2v) is 2.60. The topological polar surface area (TPSA) is 41.1 Å². The molecule has 1 amide bonds. The summed E-state index contributed by atoms with van der Waals surface area (Å²) in [5, 5.41) is 6.11. The maximum atomic E-state index is 10.7. The first-order valence-corrected chi connectivity index (χ1v) is 3.83. The Bertz CT molecular complexity index is 115. The summed E-state index contributed by atoms with van der Waals surface area (Å²) >= 11 is 0. The van der Waals surface area contributed by atoms with Crippen molar-refractivity contribution in [1.29, 1.82) is 0 Å². The number of amides is 1. The molecule has 1 aliphatic heterocycles. The van der Waals surface area contributed by atoms with Crippen LogP contribution in [0.15, 0.2) is 0 Å². The highest BCUT2D eigenvalue weighted by Crippen LogP contribution is 2.01. The molecule has 1 saturated heterocycles. The van der Waals surface area contributed by atoms with E-state index in [9.17, 15) is 4.79 Å². The SMILES string of the molecule is CCN[C@@H]1CCC(=O)NC1. The Morgan fingerprint density at radius 1 is 1.80 bits per heavy atom. The van der Waals surface area contributed by atoms with Gasteiger partial charge in [-0.15, -0.1) is 0 Å². The van der Waals surface area contributed by atoms with Gasteiger partial charge >= 0.3 is 0 Å². The predicted octanol–water partition coefficient (Wildman–Crippen LogP) is -0.126. The van der Waals surface area contributed by atoms with Crippen molar-refractivity contribution in [2.24, 2.45) is 0 Å². The first kappa shape index (κ1) is 7.54. The minimum Gasteiger partial charge on any atom is -0.355 e. The van der Waals surface area contributed by atoms with Crippen molar-refractivity contribution in [2.45, 2.75) is 25.8 Å². The average molecular weight is 142 g/mol. The number of carbonyl (C=O) groups excluding carboxylic acids is 1. The van der Waals surface area contributed by atoms with Gasteiger partial charge in [0.2, 0.25) is 5.91 Å². The maximum absolute atomic E-state index is 10.7. The molecule has 0 aromatic rings. The molecule has 1 fully saturated rings. The first-order chi connectivity index (χ1) is 4.83. The van der Waals surface area contributed by atoms with Crippen LogP contribution < -0.4 is 10.6 Å². The van der Waals surface area contributed by atoms with Gasteiger partial charge in [0.25, 0.3) is 0 Å². The van der Waals surface area contributed by atoms with E-state index in [-0.39, 0.29) is 5.91 Å². The molecular weight excluding hydrogens is 128 g/mol. The van der Waals surface area contributed by atoms with Crippen LogP contribution in [0.1, 0.15) is 19.8 Å². The predicted molar refractivity (Wildman–Crippen MR) is 39.7 cm³/mol.